The zero-order chi connectivity index (χ0) is 15.7. The summed E-state index contributed by atoms with van der Waals surface area (Å²) in [6.07, 6.45) is 0.522. The fourth-order valence-corrected chi connectivity index (χ4v) is 2.55. The van der Waals surface area contributed by atoms with Crippen molar-refractivity contribution in [3.8, 4) is 0 Å². The molecule has 1 aliphatic rings. The van der Waals surface area contributed by atoms with Gasteiger partial charge >= 0.3 is 6.09 Å². The second-order valence-corrected chi connectivity index (χ2v) is 6.60. The molecule has 2 N–H and O–H groups in total. The summed E-state index contributed by atoms with van der Waals surface area (Å²) in [5.41, 5.74) is 4.64. The molecule has 1 unspecified atom stereocenters. The number of halogens is 1. The number of ether oxygens (including phenoxy) is 1. The van der Waals surface area contributed by atoms with Crippen LogP contribution in [0.15, 0.2) is 24.3 Å². The van der Waals surface area contributed by atoms with Crippen molar-refractivity contribution in [2.45, 2.75) is 44.9 Å². The molecule has 21 heavy (non-hydrogen) atoms. The van der Waals surface area contributed by atoms with Crippen LogP contribution in [-0.2, 0) is 10.4 Å². The summed E-state index contributed by atoms with van der Waals surface area (Å²) in [7, 11) is 0. The third-order valence-electron chi connectivity index (χ3n) is 3.50. The molecule has 4 nitrogen and oxygen atoms in total. The number of rotatable bonds is 1. The van der Waals surface area contributed by atoms with Crippen LogP contribution >= 0.6 is 0 Å². The Balaban J connectivity index is 2.15. The summed E-state index contributed by atoms with van der Waals surface area (Å²) < 4.78 is 20.5. The summed E-state index contributed by atoms with van der Waals surface area (Å²) >= 11 is 0. The quantitative estimate of drug-likeness (QED) is 0.807. The summed E-state index contributed by atoms with van der Waals surface area (Å²) in [6, 6.07) is 6.81. The second-order valence-electron chi connectivity index (χ2n) is 6.60. The van der Waals surface area contributed by atoms with Crippen LogP contribution in [-0.4, -0.2) is 29.7 Å². The molecule has 1 atom stereocenters. The molecule has 0 spiro atoms. The van der Waals surface area contributed by atoms with Crippen LogP contribution in [0.2, 0.25) is 0 Å². The summed E-state index contributed by atoms with van der Waals surface area (Å²) in [6.45, 7) is 5.93. The Morgan fingerprint density at radius 2 is 2.14 bits per heavy atom. The number of alkyl halides is 1. The lowest BCUT2D eigenvalue weighted by Gasteiger charge is -2.38. The maximum Gasteiger partial charge on any atom is 0.410 e. The van der Waals surface area contributed by atoms with Crippen LogP contribution in [0, 0.1) is 0 Å². The predicted octanol–water partition coefficient (Wildman–Crippen LogP) is 3.46. The average Bonchev–Trinajstić information content (AvgIpc) is 2.37. The monoisotopic (exact) mass is 294 g/mol. The van der Waals surface area contributed by atoms with E-state index in [4.69, 9.17) is 10.5 Å². The average molecular weight is 294 g/mol. The van der Waals surface area contributed by atoms with E-state index in [1.165, 1.54) is 4.90 Å². The second kappa shape index (κ2) is 5.54. The Morgan fingerprint density at radius 1 is 1.43 bits per heavy atom. The van der Waals surface area contributed by atoms with Crippen molar-refractivity contribution in [1.29, 1.82) is 0 Å². The number of likely N-dealkylation sites (tertiary alicyclic amines) is 1. The van der Waals surface area contributed by atoms with Crippen LogP contribution < -0.4 is 5.73 Å². The first-order valence-corrected chi connectivity index (χ1v) is 7.22. The third-order valence-corrected chi connectivity index (χ3v) is 3.50. The van der Waals surface area contributed by atoms with Gasteiger partial charge < -0.3 is 15.4 Å². The Hall–Kier alpha value is -1.78. The van der Waals surface area contributed by atoms with Crippen LogP contribution in [0.1, 0.15) is 39.2 Å². The number of nitrogens with two attached hydrogens (primary N) is 1. The fourth-order valence-electron chi connectivity index (χ4n) is 2.55. The molecule has 1 aromatic carbocycles. The molecule has 0 saturated carbocycles. The zero-order valence-corrected chi connectivity index (χ0v) is 12.9. The predicted molar refractivity (Wildman–Crippen MR) is 80.7 cm³/mol. The molecule has 1 aromatic rings. The molecule has 1 amide bonds. The van der Waals surface area contributed by atoms with Gasteiger partial charge in [-0.1, -0.05) is 12.1 Å². The van der Waals surface area contributed by atoms with E-state index in [1.807, 2.05) is 0 Å². The van der Waals surface area contributed by atoms with Crippen molar-refractivity contribution >= 4 is 11.8 Å². The van der Waals surface area contributed by atoms with Gasteiger partial charge in [-0.15, -0.1) is 0 Å². The molecule has 1 heterocycles. The fraction of sp³-hybridized carbons (Fsp3) is 0.562. The first kappa shape index (κ1) is 15.6. The van der Waals surface area contributed by atoms with Gasteiger partial charge in [0.25, 0.3) is 0 Å². The van der Waals surface area contributed by atoms with Gasteiger partial charge in [-0.25, -0.2) is 9.18 Å². The van der Waals surface area contributed by atoms with E-state index in [-0.39, 0.29) is 6.54 Å². The lowest BCUT2D eigenvalue weighted by atomic mass is 9.87. The largest absolute Gasteiger partial charge is 0.444 e. The molecule has 116 valence electrons. The van der Waals surface area contributed by atoms with Crippen molar-refractivity contribution in [2.24, 2.45) is 0 Å². The minimum atomic E-state index is -1.56. The molecule has 5 heteroatoms. The van der Waals surface area contributed by atoms with Crippen LogP contribution in [0.3, 0.4) is 0 Å². The van der Waals surface area contributed by atoms with E-state index >= 15 is 4.39 Å². The highest BCUT2D eigenvalue weighted by Crippen LogP contribution is 2.36. The highest BCUT2D eigenvalue weighted by molar-refractivity contribution is 5.68. The third kappa shape index (κ3) is 3.86. The number of carbonyl (C=O) groups is 1. The normalized spacial score (nSPS) is 23.0. The Morgan fingerprint density at radius 3 is 2.76 bits per heavy atom. The topological polar surface area (TPSA) is 55.6 Å². The number of hydrogen-bond donors (Lipinski definition) is 1. The maximum absolute atomic E-state index is 15.2. The van der Waals surface area contributed by atoms with Gasteiger partial charge in [-0.2, -0.15) is 0 Å². The molecule has 0 aromatic heterocycles. The highest BCUT2D eigenvalue weighted by Gasteiger charge is 2.40. The Labute approximate surface area is 125 Å². The molecular formula is C16H23FN2O2. The molecule has 0 radical (unpaired) electrons. The number of benzene rings is 1. The minimum absolute atomic E-state index is 0.00532. The van der Waals surface area contributed by atoms with E-state index < -0.39 is 17.4 Å². The first-order chi connectivity index (χ1) is 9.70. The molecule has 0 aliphatic carbocycles. The maximum atomic E-state index is 15.2. The van der Waals surface area contributed by atoms with E-state index in [1.54, 1.807) is 45.0 Å². The van der Waals surface area contributed by atoms with Crippen molar-refractivity contribution in [3.63, 3.8) is 0 Å². The summed E-state index contributed by atoms with van der Waals surface area (Å²) in [5, 5.41) is 0. The number of hydrogen-bond acceptors (Lipinski definition) is 3. The molecular weight excluding hydrogens is 271 g/mol. The number of amides is 1. The summed E-state index contributed by atoms with van der Waals surface area (Å²) in [5.74, 6) is 0. The number of piperidine rings is 1. The van der Waals surface area contributed by atoms with Gasteiger partial charge in [0, 0.05) is 12.2 Å². The van der Waals surface area contributed by atoms with E-state index in [2.05, 4.69) is 0 Å². The molecule has 2 rings (SSSR count). The van der Waals surface area contributed by atoms with Crippen LogP contribution in [0.5, 0.6) is 0 Å². The number of carbonyl (C=O) groups excluding carboxylic acids is 1. The first-order valence-electron chi connectivity index (χ1n) is 7.22. The van der Waals surface area contributed by atoms with Crippen molar-refractivity contribution in [2.75, 3.05) is 18.8 Å². The van der Waals surface area contributed by atoms with Crippen LogP contribution in [0.25, 0.3) is 0 Å². The van der Waals surface area contributed by atoms with Gasteiger partial charge in [0.2, 0.25) is 0 Å². The van der Waals surface area contributed by atoms with Crippen molar-refractivity contribution in [1.82, 2.24) is 4.90 Å². The lowest BCUT2D eigenvalue weighted by molar-refractivity contribution is -0.00663. The van der Waals surface area contributed by atoms with Crippen molar-refractivity contribution < 1.29 is 13.9 Å². The zero-order valence-electron chi connectivity index (χ0n) is 12.9. The molecule has 0 bridgehead atoms. The SMILES string of the molecule is CC(C)(C)OC(=O)N1CCCC(F)(c2cccc(N)c2)C1. The van der Waals surface area contributed by atoms with Gasteiger partial charge in [0.1, 0.15) is 5.60 Å². The Kier molecular flexibility index (Phi) is 4.12. The number of nitrogens with zero attached hydrogens (tertiary/aromatic N) is 1. The smallest absolute Gasteiger partial charge is 0.410 e. The van der Waals surface area contributed by atoms with Crippen LogP contribution in [0.4, 0.5) is 14.9 Å². The van der Waals surface area contributed by atoms with Gasteiger partial charge in [0.05, 0.1) is 6.54 Å². The highest BCUT2D eigenvalue weighted by atomic mass is 19.1. The van der Waals surface area contributed by atoms with Gasteiger partial charge in [0.15, 0.2) is 5.67 Å². The Bertz CT molecular complexity index is 527. The number of anilines is 1. The molecule has 1 fully saturated rings. The minimum Gasteiger partial charge on any atom is -0.444 e. The lowest BCUT2D eigenvalue weighted by Crippen LogP contribution is -2.48. The summed E-state index contributed by atoms with van der Waals surface area (Å²) in [4.78, 5) is 13.6. The molecule has 1 aliphatic heterocycles. The van der Waals surface area contributed by atoms with E-state index in [9.17, 15) is 4.79 Å². The standard InChI is InChI=1S/C16H23FN2O2/c1-15(2,3)21-14(20)19-9-5-8-16(17,11-19)12-6-4-7-13(18)10-12/h4,6-7,10H,5,8-9,11,18H2,1-3H3. The van der Waals surface area contributed by atoms with Crippen molar-refractivity contribution in [3.05, 3.63) is 29.8 Å². The van der Waals surface area contributed by atoms with Gasteiger partial charge in [-0.3, -0.25) is 0 Å². The number of nitrogen functional groups attached to an aromatic ring is 1. The van der Waals surface area contributed by atoms with Gasteiger partial charge in [-0.05, 0) is 51.3 Å². The van der Waals surface area contributed by atoms with E-state index in [0.717, 1.165) is 0 Å². The van der Waals surface area contributed by atoms with E-state index in [0.29, 0.717) is 30.6 Å². The molecule has 1 saturated heterocycles.